The van der Waals surface area contributed by atoms with Gasteiger partial charge < -0.3 is 15.8 Å². The Labute approximate surface area is 107 Å². The van der Waals surface area contributed by atoms with Crippen LogP contribution in [0.5, 0.6) is 0 Å². The average Bonchev–Trinajstić information content (AvgIpc) is 2.63. The van der Waals surface area contributed by atoms with E-state index in [2.05, 4.69) is 17.3 Å². The van der Waals surface area contributed by atoms with Crippen LogP contribution in [-0.4, -0.2) is 34.4 Å². The molecule has 102 valence electrons. The third kappa shape index (κ3) is 4.75. The van der Waals surface area contributed by atoms with Crippen LogP contribution < -0.4 is 11.1 Å². The molecule has 1 atom stereocenters. The van der Waals surface area contributed by atoms with Crippen LogP contribution in [0.2, 0.25) is 0 Å². The molecule has 0 saturated heterocycles. The van der Waals surface area contributed by atoms with Crippen LogP contribution in [0.25, 0.3) is 0 Å². The molecule has 0 spiro atoms. The normalized spacial score (nSPS) is 13.3. The first-order chi connectivity index (χ1) is 8.32. The van der Waals surface area contributed by atoms with Gasteiger partial charge >= 0.3 is 0 Å². The van der Waals surface area contributed by atoms with Crippen molar-refractivity contribution in [3.05, 3.63) is 12.4 Å². The van der Waals surface area contributed by atoms with E-state index >= 15 is 0 Å². The highest BCUT2D eigenvalue weighted by atomic mass is 16.5. The van der Waals surface area contributed by atoms with Crippen molar-refractivity contribution < 1.29 is 9.53 Å². The minimum Gasteiger partial charge on any atom is -0.380 e. The van der Waals surface area contributed by atoms with E-state index in [1.807, 2.05) is 13.8 Å². The van der Waals surface area contributed by atoms with Gasteiger partial charge in [-0.05, 0) is 27.2 Å². The van der Waals surface area contributed by atoms with Crippen LogP contribution in [0.15, 0.2) is 12.4 Å². The number of nitrogens with one attached hydrogen (secondary N) is 1. The number of carbonyl (C=O) groups excluding carboxylic acids is 1. The fourth-order valence-corrected chi connectivity index (χ4v) is 1.84. The predicted octanol–water partition coefficient (Wildman–Crippen LogP) is 0.984. The SMILES string of the molecule is COC(C)(C)CC(C)Nc1cnn(CC(N)=O)c1. The zero-order valence-electron chi connectivity index (χ0n) is 11.4. The summed E-state index contributed by atoms with van der Waals surface area (Å²) in [5, 5.41) is 7.36. The van der Waals surface area contributed by atoms with E-state index in [4.69, 9.17) is 10.5 Å². The number of carbonyl (C=O) groups is 1. The Morgan fingerprint density at radius 1 is 1.67 bits per heavy atom. The van der Waals surface area contributed by atoms with Crippen LogP contribution in [0.1, 0.15) is 27.2 Å². The lowest BCUT2D eigenvalue weighted by atomic mass is 10.00. The van der Waals surface area contributed by atoms with Gasteiger partial charge in [0.05, 0.1) is 17.5 Å². The fourth-order valence-electron chi connectivity index (χ4n) is 1.84. The molecule has 1 heterocycles. The monoisotopic (exact) mass is 254 g/mol. The van der Waals surface area contributed by atoms with Crippen LogP contribution in [0, 0.1) is 0 Å². The lowest BCUT2D eigenvalue weighted by Crippen LogP contribution is -2.31. The maximum Gasteiger partial charge on any atom is 0.239 e. The summed E-state index contributed by atoms with van der Waals surface area (Å²) in [5.74, 6) is -0.404. The molecular formula is C12H22N4O2. The lowest BCUT2D eigenvalue weighted by Gasteiger charge is -2.27. The molecule has 1 rings (SSSR count). The molecule has 1 aromatic rings. The fraction of sp³-hybridized carbons (Fsp3) is 0.667. The molecule has 0 aliphatic heterocycles. The summed E-state index contributed by atoms with van der Waals surface area (Å²) < 4.78 is 6.89. The molecule has 6 heteroatoms. The van der Waals surface area contributed by atoms with E-state index in [1.54, 1.807) is 19.5 Å². The lowest BCUT2D eigenvalue weighted by molar-refractivity contribution is -0.118. The molecule has 0 saturated carbocycles. The third-order valence-electron chi connectivity index (χ3n) is 2.71. The van der Waals surface area contributed by atoms with Gasteiger partial charge in [-0.1, -0.05) is 0 Å². The van der Waals surface area contributed by atoms with Crippen molar-refractivity contribution in [2.45, 2.75) is 45.4 Å². The highest BCUT2D eigenvalue weighted by molar-refractivity contribution is 5.73. The Bertz CT molecular complexity index is 401. The summed E-state index contributed by atoms with van der Waals surface area (Å²) in [6.45, 7) is 6.26. The second-order valence-electron chi connectivity index (χ2n) is 5.11. The Morgan fingerprint density at radius 2 is 2.33 bits per heavy atom. The van der Waals surface area contributed by atoms with Crippen molar-refractivity contribution in [2.24, 2.45) is 5.73 Å². The smallest absolute Gasteiger partial charge is 0.239 e. The molecule has 1 amide bonds. The van der Waals surface area contributed by atoms with Gasteiger partial charge in [0, 0.05) is 19.3 Å². The quantitative estimate of drug-likeness (QED) is 0.760. The summed E-state index contributed by atoms with van der Waals surface area (Å²) in [6.07, 6.45) is 4.31. The standard InChI is InChI=1S/C12H22N4O2/c1-9(5-12(2,3)18-4)15-10-6-14-16(7-10)8-11(13)17/h6-7,9,15H,5,8H2,1-4H3,(H2,13,17). The zero-order chi connectivity index (χ0) is 13.8. The van der Waals surface area contributed by atoms with E-state index in [9.17, 15) is 4.79 Å². The molecule has 0 aliphatic rings. The highest BCUT2D eigenvalue weighted by Crippen LogP contribution is 2.18. The Balaban J connectivity index is 2.52. The zero-order valence-corrected chi connectivity index (χ0v) is 11.4. The first kappa shape index (κ1) is 14.5. The van der Waals surface area contributed by atoms with Crippen LogP contribution in [0.3, 0.4) is 0 Å². The van der Waals surface area contributed by atoms with Crippen molar-refractivity contribution in [3.63, 3.8) is 0 Å². The van der Waals surface area contributed by atoms with E-state index in [0.29, 0.717) is 0 Å². The first-order valence-electron chi connectivity index (χ1n) is 5.95. The summed E-state index contributed by atoms with van der Waals surface area (Å²) in [6, 6.07) is 0.242. The maximum absolute atomic E-state index is 10.8. The van der Waals surface area contributed by atoms with Crippen molar-refractivity contribution in [2.75, 3.05) is 12.4 Å². The molecule has 0 radical (unpaired) electrons. The second-order valence-corrected chi connectivity index (χ2v) is 5.11. The molecule has 18 heavy (non-hydrogen) atoms. The van der Waals surface area contributed by atoms with E-state index < -0.39 is 5.91 Å². The number of hydrogen-bond acceptors (Lipinski definition) is 4. The highest BCUT2D eigenvalue weighted by Gasteiger charge is 2.20. The van der Waals surface area contributed by atoms with Crippen LogP contribution >= 0.6 is 0 Å². The van der Waals surface area contributed by atoms with Crippen molar-refractivity contribution >= 4 is 11.6 Å². The average molecular weight is 254 g/mol. The second kappa shape index (κ2) is 5.86. The molecule has 3 N–H and O–H groups in total. The molecule has 1 unspecified atom stereocenters. The van der Waals surface area contributed by atoms with Gasteiger partial charge in [-0.15, -0.1) is 0 Å². The largest absolute Gasteiger partial charge is 0.380 e. The summed E-state index contributed by atoms with van der Waals surface area (Å²) in [5.41, 5.74) is 5.80. The number of primary amides is 1. The minimum atomic E-state index is -0.404. The molecule has 0 aromatic carbocycles. The number of ether oxygens (including phenoxy) is 1. The molecule has 0 bridgehead atoms. The molecule has 0 aliphatic carbocycles. The van der Waals surface area contributed by atoms with Crippen LogP contribution in [0.4, 0.5) is 5.69 Å². The van der Waals surface area contributed by atoms with E-state index in [1.165, 1.54) is 4.68 Å². The number of methoxy groups -OCH3 is 1. The number of hydrogen-bond donors (Lipinski definition) is 2. The third-order valence-corrected chi connectivity index (χ3v) is 2.71. The summed E-state index contributed by atoms with van der Waals surface area (Å²) >= 11 is 0. The van der Waals surface area contributed by atoms with E-state index in [-0.39, 0.29) is 18.2 Å². The minimum absolute atomic E-state index is 0.0969. The van der Waals surface area contributed by atoms with Gasteiger partial charge in [-0.2, -0.15) is 5.10 Å². The molecular weight excluding hydrogens is 232 g/mol. The topological polar surface area (TPSA) is 82.2 Å². The summed E-state index contributed by atoms with van der Waals surface area (Å²) in [7, 11) is 1.71. The van der Waals surface area contributed by atoms with Gasteiger partial charge in [-0.3, -0.25) is 9.48 Å². The maximum atomic E-state index is 10.8. The Morgan fingerprint density at radius 3 is 2.89 bits per heavy atom. The number of nitrogens with zero attached hydrogens (tertiary/aromatic N) is 2. The van der Waals surface area contributed by atoms with Gasteiger partial charge in [0.15, 0.2) is 0 Å². The molecule has 6 nitrogen and oxygen atoms in total. The number of anilines is 1. The Hall–Kier alpha value is -1.56. The predicted molar refractivity (Wildman–Crippen MR) is 70.2 cm³/mol. The van der Waals surface area contributed by atoms with Crippen molar-refractivity contribution in [3.8, 4) is 0 Å². The number of rotatable bonds is 7. The van der Waals surface area contributed by atoms with Crippen molar-refractivity contribution in [1.29, 1.82) is 0 Å². The van der Waals surface area contributed by atoms with Gasteiger partial charge in [0.25, 0.3) is 0 Å². The number of aromatic nitrogens is 2. The van der Waals surface area contributed by atoms with Crippen molar-refractivity contribution in [1.82, 2.24) is 9.78 Å². The molecule has 0 fully saturated rings. The first-order valence-corrected chi connectivity index (χ1v) is 5.95. The number of amides is 1. The Kier molecular flexibility index (Phi) is 4.72. The van der Waals surface area contributed by atoms with Gasteiger partial charge in [0.2, 0.25) is 5.91 Å². The van der Waals surface area contributed by atoms with Gasteiger partial charge in [-0.25, -0.2) is 0 Å². The number of nitrogens with two attached hydrogens (primary N) is 1. The van der Waals surface area contributed by atoms with E-state index in [0.717, 1.165) is 12.1 Å². The van der Waals surface area contributed by atoms with Gasteiger partial charge in [0.1, 0.15) is 6.54 Å². The van der Waals surface area contributed by atoms with Crippen LogP contribution in [-0.2, 0) is 16.1 Å². The molecule has 1 aromatic heterocycles. The summed E-state index contributed by atoms with van der Waals surface area (Å²) in [4.78, 5) is 10.8.